The van der Waals surface area contributed by atoms with Gasteiger partial charge in [0.15, 0.2) is 0 Å². The van der Waals surface area contributed by atoms with E-state index in [-0.39, 0.29) is 0 Å². The van der Waals surface area contributed by atoms with Crippen molar-refractivity contribution in [2.45, 2.75) is 0 Å². The predicted molar refractivity (Wildman–Crippen MR) is 43.5 cm³/mol. The first-order valence-corrected chi connectivity index (χ1v) is 3.54. The van der Waals surface area contributed by atoms with Gasteiger partial charge in [-0.05, 0) is 46.9 Å². The maximum Gasteiger partial charge on any atom is 0.0636 e. The molecule has 2 nitrogen and oxygen atoms in total. The van der Waals surface area contributed by atoms with Gasteiger partial charge in [-0.1, -0.05) is 5.21 Å². The number of nitrogens with one attached hydrogen (secondary N) is 1. The van der Waals surface area contributed by atoms with E-state index in [1.165, 1.54) is 0 Å². The summed E-state index contributed by atoms with van der Waals surface area (Å²) in [5.41, 5.74) is 2.41. The second-order valence-corrected chi connectivity index (χ2v) is 2.85. The minimum Gasteiger partial charge on any atom is -0.233 e. The molecule has 0 spiro atoms. The molecule has 1 aromatic rings. The molecule has 0 aliphatic rings. The lowest BCUT2D eigenvalue weighted by Gasteiger charge is -1.93. The zero-order chi connectivity index (χ0) is 6.69. The van der Waals surface area contributed by atoms with Crippen LogP contribution in [0, 0.1) is 3.57 Å². The van der Waals surface area contributed by atoms with Crippen molar-refractivity contribution in [1.29, 1.82) is 0 Å². The number of anilines is 1. The van der Waals surface area contributed by atoms with Gasteiger partial charge < -0.3 is 0 Å². The summed E-state index contributed by atoms with van der Waals surface area (Å²) < 4.78 is 1.13. The summed E-state index contributed by atoms with van der Waals surface area (Å²) in [6.07, 6.45) is 0. The minimum absolute atomic E-state index is 0.607. The molecule has 0 atom stereocenters. The van der Waals surface area contributed by atoms with E-state index in [0.717, 1.165) is 3.57 Å². The molecule has 1 rings (SSSR count). The molecule has 9 heavy (non-hydrogen) atoms. The first kappa shape index (κ1) is 6.82. The first-order valence-electron chi connectivity index (χ1n) is 2.46. The molecule has 0 unspecified atom stereocenters. The van der Waals surface area contributed by atoms with Crippen LogP contribution in [0.15, 0.2) is 24.3 Å². The van der Waals surface area contributed by atoms with Crippen molar-refractivity contribution in [3.63, 3.8) is 0 Å². The predicted octanol–water partition coefficient (Wildman–Crippen LogP) is 2.05. The van der Waals surface area contributed by atoms with Gasteiger partial charge in [-0.2, -0.15) is 0 Å². The summed E-state index contributed by atoms with van der Waals surface area (Å²) in [7, 11) is 0. The summed E-state index contributed by atoms with van der Waals surface area (Å²) in [6.45, 7) is 0. The van der Waals surface area contributed by atoms with Gasteiger partial charge in [0.05, 0.1) is 5.69 Å². The second kappa shape index (κ2) is 3.03. The third-order valence-corrected chi connectivity index (χ3v) is 1.68. The van der Waals surface area contributed by atoms with Crippen molar-refractivity contribution in [2.24, 2.45) is 0 Å². The SMILES string of the molecule is [O]Nc1ccc(I)cc1. The van der Waals surface area contributed by atoms with Gasteiger partial charge in [-0.3, -0.25) is 0 Å². The van der Waals surface area contributed by atoms with Crippen molar-refractivity contribution in [2.75, 3.05) is 5.48 Å². The molecular formula is C6H5INO. The Morgan fingerprint density at radius 1 is 1.22 bits per heavy atom. The monoisotopic (exact) mass is 234 g/mol. The van der Waals surface area contributed by atoms with Gasteiger partial charge in [0, 0.05) is 3.57 Å². The Balaban J connectivity index is 2.88. The van der Waals surface area contributed by atoms with Gasteiger partial charge in [0.1, 0.15) is 0 Å². The summed E-state index contributed by atoms with van der Waals surface area (Å²) in [5.74, 6) is 0. The van der Waals surface area contributed by atoms with Crippen molar-refractivity contribution in [3.05, 3.63) is 27.8 Å². The third-order valence-electron chi connectivity index (χ3n) is 0.962. The Hall–Kier alpha value is -0.290. The fourth-order valence-electron chi connectivity index (χ4n) is 0.518. The molecule has 0 amide bonds. The van der Waals surface area contributed by atoms with Gasteiger partial charge >= 0.3 is 0 Å². The van der Waals surface area contributed by atoms with E-state index in [1.54, 1.807) is 17.6 Å². The van der Waals surface area contributed by atoms with Crippen molar-refractivity contribution < 1.29 is 5.21 Å². The van der Waals surface area contributed by atoms with Crippen LogP contribution in [0.2, 0.25) is 0 Å². The summed E-state index contributed by atoms with van der Waals surface area (Å²) in [5, 5.41) is 9.99. The van der Waals surface area contributed by atoms with Crippen LogP contribution in [0.5, 0.6) is 0 Å². The zero-order valence-corrected chi connectivity index (χ0v) is 6.75. The Kier molecular flexibility index (Phi) is 2.29. The molecule has 1 aromatic carbocycles. The van der Waals surface area contributed by atoms with E-state index < -0.39 is 0 Å². The molecule has 0 heterocycles. The van der Waals surface area contributed by atoms with E-state index in [4.69, 9.17) is 0 Å². The molecule has 0 aromatic heterocycles. The standard InChI is InChI=1S/C6H5INO/c7-5-1-3-6(8-9)4-2-5/h1-4,8H. The van der Waals surface area contributed by atoms with Crippen LogP contribution in [0.1, 0.15) is 0 Å². The quantitative estimate of drug-likeness (QED) is 0.585. The van der Waals surface area contributed by atoms with Crippen molar-refractivity contribution >= 4 is 28.3 Å². The average Bonchev–Trinajstić information content (AvgIpc) is 1.90. The van der Waals surface area contributed by atoms with E-state index in [1.807, 2.05) is 12.1 Å². The number of benzene rings is 1. The Bertz CT molecular complexity index is 185. The lowest BCUT2D eigenvalue weighted by atomic mass is 10.3. The smallest absolute Gasteiger partial charge is 0.0636 e. The molecule has 0 saturated carbocycles. The normalized spacial score (nSPS) is 9.11. The number of halogens is 1. The van der Waals surface area contributed by atoms with Gasteiger partial charge in [-0.25, -0.2) is 5.48 Å². The zero-order valence-electron chi connectivity index (χ0n) is 4.60. The van der Waals surface area contributed by atoms with Crippen LogP contribution in [-0.4, -0.2) is 0 Å². The van der Waals surface area contributed by atoms with E-state index in [2.05, 4.69) is 22.6 Å². The van der Waals surface area contributed by atoms with E-state index >= 15 is 0 Å². The highest BCUT2D eigenvalue weighted by Gasteiger charge is 1.86. The fraction of sp³-hybridized carbons (Fsp3) is 0. The molecule has 1 N–H and O–H groups in total. The number of rotatable bonds is 1. The van der Waals surface area contributed by atoms with Gasteiger partial charge in [0.25, 0.3) is 0 Å². The first-order chi connectivity index (χ1) is 4.33. The molecule has 0 fully saturated rings. The third kappa shape index (κ3) is 1.83. The molecule has 1 radical (unpaired) electrons. The van der Waals surface area contributed by atoms with Crippen LogP contribution in [0.25, 0.3) is 0 Å². The molecule has 0 bridgehead atoms. The molecule has 3 heteroatoms. The van der Waals surface area contributed by atoms with E-state index in [0.29, 0.717) is 5.69 Å². The topological polar surface area (TPSA) is 31.9 Å². The lowest BCUT2D eigenvalue weighted by molar-refractivity contribution is 0.274. The average molecular weight is 234 g/mol. The van der Waals surface area contributed by atoms with Crippen molar-refractivity contribution in [1.82, 2.24) is 0 Å². The van der Waals surface area contributed by atoms with Gasteiger partial charge in [0.2, 0.25) is 0 Å². The van der Waals surface area contributed by atoms with Crippen LogP contribution in [0.3, 0.4) is 0 Å². The van der Waals surface area contributed by atoms with Crippen LogP contribution in [0.4, 0.5) is 5.69 Å². The van der Waals surface area contributed by atoms with Crippen molar-refractivity contribution in [3.8, 4) is 0 Å². The highest BCUT2D eigenvalue weighted by Crippen LogP contribution is 2.09. The highest BCUT2D eigenvalue weighted by atomic mass is 127. The van der Waals surface area contributed by atoms with Crippen LogP contribution in [-0.2, 0) is 5.21 Å². The highest BCUT2D eigenvalue weighted by molar-refractivity contribution is 14.1. The maximum atomic E-state index is 9.99. The van der Waals surface area contributed by atoms with Crippen LogP contribution >= 0.6 is 22.6 Å². The van der Waals surface area contributed by atoms with Gasteiger partial charge in [-0.15, -0.1) is 0 Å². The summed E-state index contributed by atoms with van der Waals surface area (Å²) >= 11 is 2.18. The summed E-state index contributed by atoms with van der Waals surface area (Å²) in [6, 6.07) is 7.24. The van der Waals surface area contributed by atoms with E-state index in [9.17, 15) is 5.21 Å². The Morgan fingerprint density at radius 2 is 1.78 bits per heavy atom. The Morgan fingerprint density at radius 3 is 2.22 bits per heavy atom. The summed E-state index contributed by atoms with van der Waals surface area (Å²) in [4.78, 5) is 0. The second-order valence-electron chi connectivity index (χ2n) is 1.61. The maximum absolute atomic E-state index is 9.99. The number of hydrogen-bond acceptors (Lipinski definition) is 1. The molecule has 0 aliphatic carbocycles. The molecule has 47 valence electrons. The molecule has 0 aliphatic heterocycles. The molecular weight excluding hydrogens is 229 g/mol. The molecule has 0 saturated heterocycles. The largest absolute Gasteiger partial charge is 0.233 e. The minimum atomic E-state index is 0.607. The number of hydrogen-bond donors (Lipinski definition) is 1. The Labute approximate surface area is 67.0 Å². The lowest BCUT2D eigenvalue weighted by Crippen LogP contribution is -1.84. The fourth-order valence-corrected chi connectivity index (χ4v) is 0.878. The van der Waals surface area contributed by atoms with Crippen LogP contribution < -0.4 is 5.48 Å².